The number of benzene rings is 1. The number of carbonyl (C=O) groups is 1. The smallest absolute Gasteiger partial charge is 0.255 e. The molecular weight excluding hydrogens is 182 g/mol. The zero-order valence-corrected chi connectivity index (χ0v) is 7.90. The molecule has 0 aliphatic rings. The SMILES string of the molecule is C[C@@H](O)CNC(=O)c1ccccc1O. The summed E-state index contributed by atoms with van der Waals surface area (Å²) < 4.78 is 0. The molecule has 0 fully saturated rings. The van der Waals surface area contributed by atoms with Crippen molar-refractivity contribution in [2.45, 2.75) is 13.0 Å². The Balaban J connectivity index is 2.65. The van der Waals surface area contributed by atoms with Crippen LogP contribution in [0.1, 0.15) is 17.3 Å². The molecule has 0 aromatic heterocycles. The van der Waals surface area contributed by atoms with E-state index in [1.807, 2.05) is 0 Å². The van der Waals surface area contributed by atoms with Gasteiger partial charge in [0, 0.05) is 6.54 Å². The van der Waals surface area contributed by atoms with Crippen LogP contribution in [0.5, 0.6) is 5.75 Å². The van der Waals surface area contributed by atoms with Gasteiger partial charge in [-0.05, 0) is 19.1 Å². The van der Waals surface area contributed by atoms with Crippen LogP contribution in [0.2, 0.25) is 0 Å². The van der Waals surface area contributed by atoms with Crippen molar-refractivity contribution in [1.29, 1.82) is 0 Å². The molecule has 0 radical (unpaired) electrons. The Labute approximate surface area is 82.2 Å². The van der Waals surface area contributed by atoms with Gasteiger partial charge in [-0.25, -0.2) is 0 Å². The molecule has 0 saturated heterocycles. The summed E-state index contributed by atoms with van der Waals surface area (Å²) in [5.41, 5.74) is 0.216. The number of amides is 1. The number of para-hydroxylation sites is 1. The number of phenols is 1. The number of aliphatic hydroxyl groups excluding tert-OH is 1. The summed E-state index contributed by atoms with van der Waals surface area (Å²) in [6.45, 7) is 1.75. The second kappa shape index (κ2) is 4.62. The number of aliphatic hydroxyl groups is 1. The van der Waals surface area contributed by atoms with Crippen LogP contribution in [-0.2, 0) is 0 Å². The maximum Gasteiger partial charge on any atom is 0.255 e. The van der Waals surface area contributed by atoms with E-state index >= 15 is 0 Å². The van der Waals surface area contributed by atoms with Gasteiger partial charge in [0.1, 0.15) is 5.75 Å². The highest BCUT2D eigenvalue weighted by atomic mass is 16.3. The Morgan fingerprint density at radius 2 is 2.14 bits per heavy atom. The van der Waals surface area contributed by atoms with E-state index in [2.05, 4.69) is 5.32 Å². The minimum Gasteiger partial charge on any atom is -0.507 e. The van der Waals surface area contributed by atoms with Crippen LogP contribution in [0.25, 0.3) is 0 Å². The summed E-state index contributed by atoms with van der Waals surface area (Å²) in [6.07, 6.45) is -0.593. The molecule has 0 unspecified atom stereocenters. The predicted octanol–water partition coefficient (Wildman–Crippen LogP) is 0.503. The van der Waals surface area contributed by atoms with Crippen LogP contribution in [-0.4, -0.2) is 28.8 Å². The average Bonchev–Trinajstić information content (AvgIpc) is 2.15. The maximum absolute atomic E-state index is 11.4. The fourth-order valence-electron chi connectivity index (χ4n) is 1.00. The van der Waals surface area contributed by atoms with E-state index in [1.54, 1.807) is 19.1 Å². The van der Waals surface area contributed by atoms with Gasteiger partial charge < -0.3 is 15.5 Å². The largest absolute Gasteiger partial charge is 0.507 e. The summed E-state index contributed by atoms with van der Waals surface area (Å²) in [5.74, 6) is -0.445. The number of nitrogens with one attached hydrogen (secondary N) is 1. The molecule has 14 heavy (non-hydrogen) atoms. The first-order valence-corrected chi connectivity index (χ1v) is 4.35. The molecule has 1 atom stereocenters. The Hall–Kier alpha value is -1.55. The minimum atomic E-state index is -0.593. The van der Waals surface area contributed by atoms with Gasteiger partial charge in [-0.1, -0.05) is 12.1 Å². The zero-order chi connectivity index (χ0) is 10.6. The first kappa shape index (κ1) is 10.5. The molecule has 0 aliphatic carbocycles. The van der Waals surface area contributed by atoms with Crippen LogP contribution in [0.15, 0.2) is 24.3 Å². The van der Waals surface area contributed by atoms with Crippen molar-refractivity contribution in [2.24, 2.45) is 0 Å². The Bertz CT molecular complexity index is 323. The number of phenolic OH excluding ortho intramolecular Hbond substituents is 1. The van der Waals surface area contributed by atoms with Gasteiger partial charge in [-0.3, -0.25) is 4.79 Å². The van der Waals surface area contributed by atoms with Crippen LogP contribution < -0.4 is 5.32 Å². The van der Waals surface area contributed by atoms with Crippen molar-refractivity contribution in [3.05, 3.63) is 29.8 Å². The lowest BCUT2D eigenvalue weighted by atomic mass is 10.2. The van der Waals surface area contributed by atoms with Crippen LogP contribution in [0, 0.1) is 0 Å². The van der Waals surface area contributed by atoms with Gasteiger partial charge in [0.15, 0.2) is 0 Å². The van der Waals surface area contributed by atoms with E-state index in [0.717, 1.165) is 0 Å². The van der Waals surface area contributed by atoms with Gasteiger partial charge in [0.25, 0.3) is 5.91 Å². The fraction of sp³-hybridized carbons (Fsp3) is 0.300. The summed E-state index contributed by atoms with van der Waals surface area (Å²) in [7, 11) is 0. The molecule has 1 amide bonds. The molecule has 1 aromatic carbocycles. The van der Waals surface area contributed by atoms with Gasteiger partial charge in [-0.15, -0.1) is 0 Å². The van der Waals surface area contributed by atoms with Crippen molar-refractivity contribution < 1.29 is 15.0 Å². The van der Waals surface area contributed by atoms with Crippen LogP contribution >= 0.6 is 0 Å². The first-order valence-electron chi connectivity index (χ1n) is 4.35. The maximum atomic E-state index is 11.4. The molecule has 4 nitrogen and oxygen atoms in total. The first-order chi connectivity index (χ1) is 6.61. The highest BCUT2D eigenvalue weighted by Crippen LogP contribution is 2.14. The molecule has 3 N–H and O–H groups in total. The number of hydrogen-bond donors (Lipinski definition) is 3. The molecular formula is C10H13NO3. The van der Waals surface area contributed by atoms with Gasteiger partial charge in [0.05, 0.1) is 11.7 Å². The lowest BCUT2D eigenvalue weighted by Gasteiger charge is -2.07. The van der Waals surface area contributed by atoms with E-state index < -0.39 is 6.10 Å². The van der Waals surface area contributed by atoms with Crippen molar-refractivity contribution in [3.63, 3.8) is 0 Å². The molecule has 1 rings (SSSR count). The topological polar surface area (TPSA) is 69.6 Å². The lowest BCUT2D eigenvalue weighted by Crippen LogP contribution is -2.30. The minimum absolute atomic E-state index is 0.0596. The molecule has 0 bridgehead atoms. The Morgan fingerprint density at radius 3 is 2.71 bits per heavy atom. The zero-order valence-electron chi connectivity index (χ0n) is 7.90. The number of rotatable bonds is 3. The monoisotopic (exact) mass is 195 g/mol. The predicted molar refractivity (Wildman–Crippen MR) is 52.1 cm³/mol. The van der Waals surface area contributed by atoms with E-state index in [9.17, 15) is 9.90 Å². The van der Waals surface area contributed by atoms with Gasteiger partial charge in [0.2, 0.25) is 0 Å². The highest BCUT2D eigenvalue weighted by molar-refractivity contribution is 5.96. The third kappa shape index (κ3) is 2.74. The van der Waals surface area contributed by atoms with Crippen molar-refractivity contribution >= 4 is 5.91 Å². The van der Waals surface area contributed by atoms with Crippen molar-refractivity contribution in [2.75, 3.05) is 6.54 Å². The van der Waals surface area contributed by atoms with E-state index in [4.69, 9.17) is 5.11 Å². The Kier molecular flexibility index (Phi) is 3.48. The molecule has 0 aliphatic heterocycles. The molecule has 1 aromatic rings. The van der Waals surface area contributed by atoms with Crippen molar-refractivity contribution in [1.82, 2.24) is 5.32 Å². The Morgan fingerprint density at radius 1 is 1.50 bits per heavy atom. The number of carbonyl (C=O) groups excluding carboxylic acids is 1. The summed E-state index contributed by atoms with van der Waals surface area (Å²) >= 11 is 0. The second-order valence-electron chi connectivity index (χ2n) is 3.08. The molecule has 0 heterocycles. The van der Waals surface area contributed by atoms with E-state index in [1.165, 1.54) is 12.1 Å². The average molecular weight is 195 g/mol. The highest BCUT2D eigenvalue weighted by Gasteiger charge is 2.09. The fourth-order valence-corrected chi connectivity index (χ4v) is 1.00. The number of hydrogen-bond acceptors (Lipinski definition) is 3. The van der Waals surface area contributed by atoms with E-state index in [-0.39, 0.29) is 23.8 Å². The lowest BCUT2D eigenvalue weighted by molar-refractivity contribution is 0.0921. The molecule has 0 spiro atoms. The van der Waals surface area contributed by atoms with Gasteiger partial charge in [-0.2, -0.15) is 0 Å². The second-order valence-corrected chi connectivity index (χ2v) is 3.08. The standard InChI is InChI=1S/C10H13NO3/c1-7(12)6-11-10(14)8-4-2-3-5-9(8)13/h2-5,7,12-13H,6H2,1H3,(H,11,14)/t7-/m1/s1. The normalized spacial score (nSPS) is 12.1. The summed E-state index contributed by atoms with van der Waals surface area (Å²) in [4.78, 5) is 11.4. The molecule has 4 heteroatoms. The third-order valence-electron chi connectivity index (χ3n) is 1.71. The summed E-state index contributed by atoms with van der Waals surface area (Å²) in [6, 6.07) is 6.27. The van der Waals surface area contributed by atoms with Crippen molar-refractivity contribution in [3.8, 4) is 5.75 Å². The quantitative estimate of drug-likeness (QED) is 0.658. The van der Waals surface area contributed by atoms with Crippen LogP contribution in [0.4, 0.5) is 0 Å². The van der Waals surface area contributed by atoms with Crippen LogP contribution in [0.3, 0.4) is 0 Å². The third-order valence-corrected chi connectivity index (χ3v) is 1.71. The van der Waals surface area contributed by atoms with Gasteiger partial charge >= 0.3 is 0 Å². The molecule has 0 saturated carbocycles. The van der Waals surface area contributed by atoms with E-state index in [0.29, 0.717) is 0 Å². The summed E-state index contributed by atoms with van der Waals surface area (Å²) in [5, 5.41) is 20.8. The molecule has 76 valence electrons. The number of aromatic hydroxyl groups is 1.